The number of esters is 2. The van der Waals surface area contributed by atoms with Crippen LogP contribution in [0.2, 0.25) is 0 Å². The molecule has 1 heterocycles. The maximum Gasteiger partial charge on any atom is 0.456 e. The molecular formula is C18H19F3O6. The molecule has 148 valence electrons. The molecule has 1 aliphatic heterocycles. The van der Waals surface area contributed by atoms with Crippen molar-refractivity contribution in [2.45, 2.75) is 31.7 Å². The smallest absolute Gasteiger partial charge is 0.456 e. The van der Waals surface area contributed by atoms with Crippen LogP contribution in [0.3, 0.4) is 0 Å². The molecule has 0 aromatic heterocycles. The molecule has 1 N–H and O–H groups in total. The van der Waals surface area contributed by atoms with E-state index in [1.807, 2.05) is 0 Å². The maximum absolute atomic E-state index is 13.7. The van der Waals surface area contributed by atoms with Gasteiger partial charge in [-0.1, -0.05) is 30.3 Å². The van der Waals surface area contributed by atoms with Crippen molar-refractivity contribution in [2.75, 3.05) is 13.2 Å². The van der Waals surface area contributed by atoms with Crippen molar-refractivity contribution in [2.24, 2.45) is 5.92 Å². The number of hydrogen-bond donors (Lipinski definition) is 1. The molecule has 1 aromatic carbocycles. The van der Waals surface area contributed by atoms with Crippen LogP contribution in [0.15, 0.2) is 42.2 Å². The average Bonchev–Trinajstić information content (AvgIpc) is 2.61. The third kappa shape index (κ3) is 4.08. The van der Waals surface area contributed by atoms with Crippen LogP contribution in [-0.2, 0) is 23.8 Å². The van der Waals surface area contributed by atoms with Crippen LogP contribution in [-0.4, -0.2) is 42.2 Å². The van der Waals surface area contributed by atoms with Crippen molar-refractivity contribution in [3.05, 3.63) is 47.7 Å². The Morgan fingerprint density at radius 3 is 2.26 bits per heavy atom. The van der Waals surface area contributed by atoms with E-state index in [1.165, 1.54) is 26.0 Å². The van der Waals surface area contributed by atoms with Gasteiger partial charge in [-0.2, -0.15) is 13.2 Å². The quantitative estimate of drug-likeness (QED) is 0.781. The van der Waals surface area contributed by atoms with Gasteiger partial charge in [-0.25, -0.2) is 4.79 Å². The Labute approximate surface area is 153 Å². The number of carbonyl (C=O) groups is 2. The molecule has 0 saturated carbocycles. The van der Waals surface area contributed by atoms with Crippen LogP contribution in [0.25, 0.3) is 0 Å². The first kappa shape index (κ1) is 20.8. The van der Waals surface area contributed by atoms with Gasteiger partial charge >= 0.3 is 23.9 Å². The van der Waals surface area contributed by atoms with E-state index < -0.39 is 41.5 Å². The standard InChI is InChI=1S/C18H19F3O6/c1-3-25-15(22)13-10-12(11-8-6-5-7-9-11)14(16(23)26-4-2)17(24,27-13)18(19,20)21/h5-10,12,14,24H,3-4H2,1-2H3/t12-,14+,17-/m0/s1. The highest BCUT2D eigenvalue weighted by molar-refractivity contribution is 5.87. The zero-order valence-corrected chi connectivity index (χ0v) is 14.7. The van der Waals surface area contributed by atoms with E-state index in [1.54, 1.807) is 18.2 Å². The topological polar surface area (TPSA) is 82.1 Å². The summed E-state index contributed by atoms with van der Waals surface area (Å²) in [7, 11) is 0. The summed E-state index contributed by atoms with van der Waals surface area (Å²) in [6, 6.07) is 7.68. The molecule has 0 amide bonds. The van der Waals surface area contributed by atoms with E-state index >= 15 is 0 Å². The molecule has 2 rings (SSSR count). The van der Waals surface area contributed by atoms with Gasteiger partial charge in [0.15, 0.2) is 0 Å². The van der Waals surface area contributed by atoms with E-state index in [2.05, 4.69) is 9.47 Å². The summed E-state index contributed by atoms with van der Waals surface area (Å²) in [4.78, 5) is 24.3. The van der Waals surface area contributed by atoms with Gasteiger partial charge in [-0.05, 0) is 25.5 Å². The first-order valence-electron chi connectivity index (χ1n) is 8.24. The molecule has 0 fully saturated rings. The molecular weight excluding hydrogens is 369 g/mol. The molecule has 3 atom stereocenters. The predicted octanol–water partition coefficient (Wildman–Crippen LogP) is 2.68. The lowest BCUT2D eigenvalue weighted by atomic mass is 9.78. The number of ether oxygens (including phenoxy) is 3. The zero-order chi connectivity index (χ0) is 20.2. The Morgan fingerprint density at radius 1 is 1.15 bits per heavy atom. The Kier molecular flexibility index (Phi) is 6.15. The summed E-state index contributed by atoms with van der Waals surface area (Å²) in [6.07, 6.45) is -4.35. The summed E-state index contributed by atoms with van der Waals surface area (Å²) >= 11 is 0. The molecule has 0 bridgehead atoms. The molecule has 0 saturated heterocycles. The fourth-order valence-electron chi connectivity index (χ4n) is 2.82. The number of rotatable bonds is 5. The van der Waals surface area contributed by atoms with E-state index in [-0.39, 0.29) is 18.8 Å². The molecule has 1 aliphatic rings. The molecule has 0 spiro atoms. The van der Waals surface area contributed by atoms with Gasteiger partial charge in [0.05, 0.1) is 13.2 Å². The molecule has 0 radical (unpaired) electrons. The Balaban J connectivity index is 2.65. The zero-order valence-electron chi connectivity index (χ0n) is 14.7. The number of alkyl halides is 3. The fraction of sp³-hybridized carbons (Fsp3) is 0.444. The van der Waals surface area contributed by atoms with Crippen LogP contribution in [0.5, 0.6) is 0 Å². The van der Waals surface area contributed by atoms with Gasteiger partial charge in [0.2, 0.25) is 5.76 Å². The monoisotopic (exact) mass is 388 g/mol. The summed E-state index contributed by atoms with van der Waals surface area (Å²) in [5, 5.41) is 10.4. The minimum atomic E-state index is -5.39. The van der Waals surface area contributed by atoms with E-state index in [0.29, 0.717) is 0 Å². The number of benzene rings is 1. The highest BCUT2D eigenvalue weighted by Crippen LogP contribution is 2.49. The molecule has 0 aliphatic carbocycles. The molecule has 6 nitrogen and oxygen atoms in total. The number of carbonyl (C=O) groups excluding carboxylic acids is 2. The lowest BCUT2D eigenvalue weighted by Crippen LogP contribution is -2.59. The second-order valence-corrected chi connectivity index (χ2v) is 5.71. The van der Waals surface area contributed by atoms with Crippen molar-refractivity contribution in [3.8, 4) is 0 Å². The second-order valence-electron chi connectivity index (χ2n) is 5.71. The summed E-state index contributed by atoms with van der Waals surface area (Å²) < 4.78 is 55.2. The number of halogens is 3. The van der Waals surface area contributed by atoms with Crippen molar-refractivity contribution < 1.29 is 42.1 Å². The minimum absolute atomic E-state index is 0.110. The summed E-state index contributed by atoms with van der Waals surface area (Å²) in [5.41, 5.74) is 0.267. The van der Waals surface area contributed by atoms with Crippen LogP contribution in [0.4, 0.5) is 13.2 Å². The lowest BCUT2D eigenvalue weighted by Gasteiger charge is -2.42. The minimum Gasteiger partial charge on any atom is -0.466 e. The number of aliphatic hydroxyl groups is 1. The van der Waals surface area contributed by atoms with Gasteiger partial charge in [-0.15, -0.1) is 0 Å². The Morgan fingerprint density at radius 2 is 1.74 bits per heavy atom. The maximum atomic E-state index is 13.7. The highest BCUT2D eigenvalue weighted by atomic mass is 19.4. The normalized spacial score (nSPS) is 25.2. The van der Waals surface area contributed by atoms with Crippen LogP contribution < -0.4 is 0 Å². The third-order valence-electron chi connectivity index (χ3n) is 3.98. The third-order valence-corrected chi connectivity index (χ3v) is 3.98. The molecule has 9 heteroatoms. The van der Waals surface area contributed by atoms with Crippen LogP contribution in [0.1, 0.15) is 25.3 Å². The van der Waals surface area contributed by atoms with Gasteiger partial charge < -0.3 is 19.3 Å². The van der Waals surface area contributed by atoms with Crippen molar-refractivity contribution in [3.63, 3.8) is 0 Å². The lowest BCUT2D eigenvalue weighted by molar-refractivity contribution is -0.375. The largest absolute Gasteiger partial charge is 0.466 e. The fourth-order valence-corrected chi connectivity index (χ4v) is 2.82. The van der Waals surface area contributed by atoms with E-state index in [9.17, 15) is 27.9 Å². The van der Waals surface area contributed by atoms with Crippen molar-refractivity contribution >= 4 is 11.9 Å². The van der Waals surface area contributed by atoms with E-state index in [0.717, 1.165) is 6.08 Å². The van der Waals surface area contributed by atoms with Crippen molar-refractivity contribution in [1.29, 1.82) is 0 Å². The van der Waals surface area contributed by atoms with E-state index in [4.69, 9.17) is 4.74 Å². The van der Waals surface area contributed by atoms with Crippen LogP contribution >= 0.6 is 0 Å². The Hall–Kier alpha value is -2.55. The first-order chi connectivity index (χ1) is 12.7. The highest BCUT2D eigenvalue weighted by Gasteiger charge is 2.68. The predicted molar refractivity (Wildman–Crippen MR) is 86.1 cm³/mol. The van der Waals surface area contributed by atoms with Crippen molar-refractivity contribution in [1.82, 2.24) is 0 Å². The molecule has 27 heavy (non-hydrogen) atoms. The SMILES string of the molecule is CCOC(=O)C1=C[C@@H](c2ccccc2)[C@H](C(=O)OCC)[C@@](O)(C(F)(F)F)O1. The number of hydrogen-bond acceptors (Lipinski definition) is 6. The first-order valence-corrected chi connectivity index (χ1v) is 8.24. The van der Waals surface area contributed by atoms with Gasteiger partial charge in [0.1, 0.15) is 5.92 Å². The van der Waals surface area contributed by atoms with Gasteiger partial charge in [0, 0.05) is 5.92 Å². The van der Waals surface area contributed by atoms with Gasteiger partial charge in [0.25, 0.3) is 0 Å². The Bertz CT molecular complexity index is 716. The molecule has 1 aromatic rings. The van der Waals surface area contributed by atoms with Gasteiger partial charge in [-0.3, -0.25) is 4.79 Å². The molecule has 0 unspecified atom stereocenters. The average molecular weight is 388 g/mol. The van der Waals surface area contributed by atoms with Crippen LogP contribution in [0, 0.1) is 5.92 Å². The summed E-state index contributed by atoms with van der Waals surface area (Å²) in [6.45, 7) is 2.58. The second kappa shape index (κ2) is 7.99. The summed E-state index contributed by atoms with van der Waals surface area (Å²) in [5.74, 6) is -10.8. The number of allylic oxidation sites excluding steroid dienone is 1.